The van der Waals surface area contributed by atoms with Crippen molar-refractivity contribution in [3.05, 3.63) is 48.8 Å². The van der Waals surface area contributed by atoms with Gasteiger partial charge in [-0.15, -0.1) is 0 Å². The summed E-state index contributed by atoms with van der Waals surface area (Å²) in [6.45, 7) is 0. The molecule has 1 atom stereocenters. The van der Waals surface area contributed by atoms with Crippen LogP contribution in [0.5, 0.6) is 5.88 Å². The number of rotatable bonds is 4. The van der Waals surface area contributed by atoms with Gasteiger partial charge in [0.05, 0.1) is 10.4 Å². The smallest absolute Gasteiger partial charge is 0.226 e. The number of pyridine rings is 1. The highest BCUT2D eigenvalue weighted by atomic mass is 32.2. The minimum atomic E-state index is -1.50. The van der Waals surface area contributed by atoms with E-state index in [4.69, 9.17) is 4.74 Å². The summed E-state index contributed by atoms with van der Waals surface area (Å²) in [7, 11) is -1.50. The molecule has 1 aliphatic rings. The number of ether oxygens (including phenoxy) is 1. The van der Waals surface area contributed by atoms with Crippen molar-refractivity contribution in [1.29, 1.82) is 0 Å². The third-order valence-electron chi connectivity index (χ3n) is 4.41. The third-order valence-corrected chi connectivity index (χ3v) is 5.67. The van der Waals surface area contributed by atoms with Gasteiger partial charge in [0, 0.05) is 23.8 Å². The van der Waals surface area contributed by atoms with E-state index in [2.05, 4.69) is 15.0 Å². The van der Waals surface area contributed by atoms with E-state index in [0.29, 0.717) is 16.3 Å². The molecule has 1 aromatic carbocycles. The molecule has 6 heteroatoms. The van der Waals surface area contributed by atoms with Crippen molar-refractivity contribution >= 4 is 21.7 Å². The van der Waals surface area contributed by atoms with Gasteiger partial charge >= 0.3 is 0 Å². The van der Waals surface area contributed by atoms with Crippen LogP contribution in [-0.2, 0) is 10.8 Å². The average molecular weight is 353 g/mol. The molecule has 0 saturated heterocycles. The first kappa shape index (κ1) is 16.1. The van der Waals surface area contributed by atoms with Crippen LogP contribution in [0.4, 0.5) is 0 Å². The van der Waals surface area contributed by atoms with Gasteiger partial charge in [0.15, 0.2) is 0 Å². The lowest BCUT2D eigenvalue weighted by atomic mass is 9.98. The van der Waals surface area contributed by atoms with Crippen LogP contribution in [0.25, 0.3) is 10.9 Å². The van der Waals surface area contributed by atoms with Gasteiger partial charge in [0.1, 0.15) is 16.9 Å². The Bertz CT molecular complexity index is 905. The SMILES string of the molecule is O=S(c1nccc(OC2CCCCC2)n1)c1cccc2cccnc12. The van der Waals surface area contributed by atoms with Gasteiger partial charge in [-0.05, 0) is 37.8 Å². The second-order valence-corrected chi connectivity index (χ2v) is 7.50. The second-order valence-electron chi connectivity index (χ2n) is 6.16. The molecule has 0 bridgehead atoms. The molecule has 5 nitrogen and oxygen atoms in total. The quantitative estimate of drug-likeness (QED) is 0.666. The zero-order valence-electron chi connectivity index (χ0n) is 13.8. The number of benzene rings is 1. The molecule has 0 N–H and O–H groups in total. The number of para-hydroxylation sites is 1. The van der Waals surface area contributed by atoms with Gasteiger partial charge in [0.2, 0.25) is 11.0 Å². The van der Waals surface area contributed by atoms with Crippen LogP contribution in [0.15, 0.2) is 58.8 Å². The van der Waals surface area contributed by atoms with E-state index in [1.807, 2.05) is 30.3 Å². The normalized spacial score (nSPS) is 16.6. The van der Waals surface area contributed by atoms with Crippen LogP contribution in [0.2, 0.25) is 0 Å². The standard InChI is InChI=1S/C19H19N3O2S/c23-25(16-10-4-6-14-7-5-12-20-18(14)16)19-21-13-11-17(22-19)24-15-8-2-1-3-9-15/h4-7,10-13,15H,1-3,8-9H2. The van der Waals surface area contributed by atoms with E-state index in [0.717, 1.165) is 18.2 Å². The van der Waals surface area contributed by atoms with Crippen LogP contribution >= 0.6 is 0 Å². The van der Waals surface area contributed by atoms with Crippen LogP contribution < -0.4 is 4.74 Å². The zero-order valence-corrected chi connectivity index (χ0v) is 14.6. The lowest BCUT2D eigenvalue weighted by molar-refractivity contribution is 0.147. The number of aromatic nitrogens is 3. The van der Waals surface area contributed by atoms with Crippen LogP contribution in [0.1, 0.15) is 32.1 Å². The Morgan fingerprint density at radius 1 is 0.960 bits per heavy atom. The van der Waals surface area contributed by atoms with E-state index in [1.165, 1.54) is 19.3 Å². The molecule has 25 heavy (non-hydrogen) atoms. The Labute approximate surface area is 149 Å². The summed E-state index contributed by atoms with van der Waals surface area (Å²) in [6.07, 6.45) is 9.26. The fourth-order valence-electron chi connectivity index (χ4n) is 3.16. The highest BCUT2D eigenvalue weighted by molar-refractivity contribution is 7.85. The Balaban J connectivity index is 1.62. The fraction of sp³-hybridized carbons (Fsp3) is 0.316. The molecule has 3 aromatic rings. The summed E-state index contributed by atoms with van der Waals surface area (Å²) < 4.78 is 19.0. The van der Waals surface area contributed by atoms with Crippen molar-refractivity contribution in [1.82, 2.24) is 15.0 Å². The Morgan fingerprint density at radius 2 is 1.80 bits per heavy atom. The zero-order chi connectivity index (χ0) is 17.1. The predicted octanol–water partition coefficient (Wildman–Crippen LogP) is 3.90. The number of fused-ring (bicyclic) bond motifs is 1. The van der Waals surface area contributed by atoms with Gasteiger partial charge in [-0.3, -0.25) is 4.98 Å². The molecular formula is C19H19N3O2S. The van der Waals surface area contributed by atoms with E-state index < -0.39 is 10.8 Å². The molecule has 2 aromatic heterocycles. The molecule has 4 rings (SSSR count). The predicted molar refractivity (Wildman–Crippen MR) is 96.0 cm³/mol. The van der Waals surface area contributed by atoms with Crippen molar-refractivity contribution in [2.45, 2.75) is 48.3 Å². The summed E-state index contributed by atoms with van der Waals surface area (Å²) in [5.41, 5.74) is 0.713. The van der Waals surface area contributed by atoms with Gasteiger partial charge in [-0.2, -0.15) is 4.98 Å². The summed E-state index contributed by atoms with van der Waals surface area (Å²) in [5, 5.41) is 1.20. The van der Waals surface area contributed by atoms with Crippen LogP contribution in [0.3, 0.4) is 0 Å². The van der Waals surface area contributed by atoms with E-state index in [-0.39, 0.29) is 11.3 Å². The Hall–Kier alpha value is -2.34. The minimum absolute atomic E-state index is 0.198. The fourth-order valence-corrected chi connectivity index (χ4v) is 4.23. The topological polar surface area (TPSA) is 65.0 Å². The maximum atomic E-state index is 13.0. The van der Waals surface area contributed by atoms with Crippen molar-refractivity contribution in [2.75, 3.05) is 0 Å². The molecular weight excluding hydrogens is 334 g/mol. The van der Waals surface area contributed by atoms with Crippen molar-refractivity contribution in [2.24, 2.45) is 0 Å². The van der Waals surface area contributed by atoms with Crippen molar-refractivity contribution in [3.8, 4) is 5.88 Å². The maximum Gasteiger partial charge on any atom is 0.226 e. The van der Waals surface area contributed by atoms with Gasteiger partial charge in [-0.25, -0.2) is 9.19 Å². The molecule has 0 amide bonds. The maximum absolute atomic E-state index is 13.0. The highest BCUT2D eigenvalue weighted by Crippen LogP contribution is 2.25. The van der Waals surface area contributed by atoms with E-state index in [9.17, 15) is 4.21 Å². The van der Waals surface area contributed by atoms with E-state index in [1.54, 1.807) is 18.5 Å². The second kappa shape index (κ2) is 7.27. The van der Waals surface area contributed by atoms with Crippen molar-refractivity contribution < 1.29 is 8.95 Å². The molecule has 128 valence electrons. The highest BCUT2D eigenvalue weighted by Gasteiger charge is 2.18. The minimum Gasteiger partial charge on any atom is -0.474 e. The van der Waals surface area contributed by atoms with Gasteiger partial charge in [-0.1, -0.05) is 24.6 Å². The molecule has 1 unspecified atom stereocenters. The molecule has 2 heterocycles. The Kier molecular flexibility index (Phi) is 4.70. The van der Waals surface area contributed by atoms with Crippen LogP contribution in [0, 0.1) is 0 Å². The first-order valence-electron chi connectivity index (χ1n) is 8.56. The molecule has 0 aliphatic heterocycles. The molecule has 0 spiro atoms. The Morgan fingerprint density at radius 3 is 2.68 bits per heavy atom. The molecule has 0 radical (unpaired) electrons. The first-order chi connectivity index (χ1) is 12.3. The average Bonchev–Trinajstić information content (AvgIpc) is 2.68. The van der Waals surface area contributed by atoms with Gasteiger partial charge in [0.25, 0.3) is 0 Å². The van der Waals surface area contributed by atoms with Crippen molar-refractivity contribution in [3.63, 3.8) is 0 Å². The summed E-state index contributed by atoms with van der Waals surface area (Å²) in [5.74, 6) is 0.499. The lowest BCUT2D eigenvalue weighted by Crippen LogP contribution is -2.20. The molecule has 1 fully saturated rings. The first-order valence-corrected chi connectivity index (χ1v) is 9.71. The summed E-state index contributed by atoms with van der Waals surface area (Å²) in [4.78, 5) is 13.6. The monoisotopic (exact) mass is 353 g/mol. The largest absolute Gasteiger partial charge is 0.474 e. The van der Waals surface area contributed by atoms with Gasteiger partial charge < -0.3 is 4.74 Å². The third kappa shape index (κ3) is 3.54. The number of hydrogen-bond donors (Lipinski definition) is 0. The molecule has 1 saturated carbocycles. The van der Waals surface area contributed by atoms with Crippen LogP contribution in [-0.4, -0.2) is 25.3 Å². The lowest BCUT2D eigenvalue weighted by Gasteiger charge is -2.22. The summed E-state index contributed by atoms with van der Waals surface area (Å²) in [6, 6.07) is 11.2. The number of nitrogens with zero attached hydrogens (tertiary/aromatic N) is 3. The summed E-state index contributed by atoms with van der Waals surface area (Å²) >= 11 is 0. The number of hydrogen-bond acceptors (Lipinski definition) is 5. The van der Waals surface area contributed by atoms with E-state index >= 15 is 0 Å². The molecule has 1 aliphatic carbocycles.